The second kappa shape index (κ2) is 16.2. The van der Waals surface area contributed by atoms with Crippen molar-refractivity contribution in [2.75, 3.05) is 0 Å². The van der Waals surface area contributed by atoms with Crippen molar-refractivity contribution in [2.45, 2.75) is 46.0 Å². The molecule has 0 aromatic carbocycles. The molecule has 1 heteroatoms. The summed E-state index contributed by atoms with van der Waals surface area (Å²) >= 11 is 0. The summed E-state index contributed by atoms with van der Waals surface area (Å²) in [5.74, 6) is 0. The number of allylic oxidation sites excluding steroid dienone is 4. The summed E-state index contributed by atoms with van der Waals surface area (Å²) in [5, 5.41) is 0. The number of hydrogen-bond donors (Lipinski definition) is 0. The van der Waals surface area contributed by atoms with Crippen molar-refractivity contribution >= 4 is 0 Å². The van der Waals surface area contributed by atoms with E-state index in [4.69, 9.17) is 0 Å². The molecule has 0 unspecified atom stereocenters. The van der Waals surface area contributed by atoms with Crippen molar-refractivity contribution < 1.29 is 26.2 Å². The predicted octanol–water partition coefficient (Wildman–Crippen LogP) is 5.49. The van der Waals surface area contributed by atoms with Crippen LogP contribution in [-0.4, -0.2) is 0 Å². The molecule has 0 nitrogen and oxygen atoms in total. The van der Waals surface area contributed by atoms with Gasteiger partial charge in [0.1, 0.15) is 0 Å². The summed E-state index contributed by atoms with van der Waals surface area (Å²) in [6.45, 7) is 4.30. The molecular formula is C21H26Zr. The van der Waals surface area contributed by atoms with Crippen LogP contribution in [0.25, 0.3) is 0 Å². The third-order valence-corrected chi connectivity index (χ3v) is 3.11. The third-order valence-electron chi connectivity index (χ3n) is 3.11. The molecule has 0 amide bonds. The molecule has 0 spiro atoms. The molecule has 114 valence electrons. The molecular weight excluding hydrogens is 343 g/mol. The van der Waals surface area contributed by atoms with Gasteiger partial charge in [-0.2, -0.15) is 0 Å². The SMILES string of the molecule is CC[C-]=C1CCCC1=[C-]CC.[CH]1[CH][CH][CH][CH]1.[CH]1[CH][CH][CH][CH]1.[Zr+2]. The van der Waals surface area contributed by atoms with Crippen LogP contribution in [0, 0.1) is 76.4 Å². The van der Waals surface area contributed by atoms with Gasteiger partial charge in [0.2, 0.25) is 0 Å². The minimum atomic E-state index is 0. The van der Waals surface area contributed by atoms with Gasteiger partial charge in [-0.25, -0.2) is 0 Å². The van der Waals surface area contributed by atoms with E-state index in [1.54, 1.807) is 0 Å². The fraction of sp³-hybridized carbons (Fsp3) is 0.333. The van der Waals surface area contributed by atoms with Gasteiger partial charge in [0, 0.05) is 0 Å². The largest absolute Gasteiger partial charge is 2.00 e. The van der Waals surface area contributed by atoms with Gasteiger partial charge in [-0.05, 0) is 64.2 Å². The van der Waals surface area contributed by atoms with Gasteiger partial charge in [-0.1, -0.05) is 20.3 Å². The summed E-state index contributed by atoms with van der Waals surface area (Å²) in [6, 6.07) is 0. The zero-order valence-electron chi connectivity index (χ0n) is 13.8. The van der Waals surface area contributed by atoms with E-state index in [0.29, 0.717) is 0 Å². The Morgan fingerprint density at radius 3 is 1.14 bits per heavy atom. The van der Waals surface area contributed by atoms with E-state index in [1.807, 2.05) is 64.2 Å². The van der Waals surface area contributed by atoms with E-state index in [2.05, 4.69) is 26.0 Å². The molecule has 0 aromatic rings. The Balaban J connectivity index is 0.000000334. The maximum absolute atomic E-state index is 3.40. The average molecular weight is 370 g/mol. The van der Waals surface area contributed by atoms with Gasteiger partial charge in [0.15, 0.2) is 0 Å². The van der Waals surface area contributed by atoms with Crippen LogP contribution in [0.3, 0.4) is 0 Å². The Bertz CT molecular complexity index is 248. The van der Waals surface area contributed by atoms with E-state index >= 15 is 0 Å². The third kappa shape index (κ3) is 11.0. The minimum absolute atomic E-state index is 0. The van der Waals surface area contributed by atoms with Crippen molar-refractivity contribution in [3.8, 4) is 0 Å². The molecule has 0 N–H and O–H groups in total. The van der Waals surface area contributed by atoms with Gasteiger partial charge < -0.3 is 23.3 Å². The van der Waals surface area contributed by atoms with Crippen LogP contribution in [0.5, 0.6) is 0 Å². The first-order chi connectivity index (χ1) is 10.4. The Morgan fingerprint density at radius 1 is 0.636 bits per heavy atom. The van der Waals surface area contributed by atoms with Crippen LogP contribution in [0.1, 0.15) is 46.0 Å². The van der Waals surface area contributed by atoms with Crippen molar-refractivity contribution in [1.82, 2.24) is 0 Å². The van der Waals surface area contributed by atoms with Crippen LogP contribution in [0.4, 0.5) is 0 Å². The second-order valence-electron chi connectivity index (χ2n) is 4.80. The summed E-state index contributed by atoms with van der Waals surface area (Å²) < 4.78 is 0. The average Bonchev–Trinajstić information content (AvgIpc) is 3.27. The maximum Gasteiger partial charge on any atom is 2.00 e. The second-order valence-corrected chi connectivity index (χ2v) is 4.80. The topological polar surface area (TPSA) is 0 Å². The zero-order valence-corrected chi connectivity index (χ0v) is 16.3. The Kier molecular flexibility index (Phi) is 16.5. The van der Waals surface area contributed by atoms with Crippen LogP contribution in [-0.2, 0) is 26.2 Å². The predicted molar refractivity (Wildman–Crippen MR) is 90.9 cm³/mol. The first-order valence-electron chi connectivity index (χ1n) is 7.91. The van der Waals surface area contributed by atoms with E-state index in [0.717, 1.165) is 12.8 Å². The molecule has 0 heterocycles. The van der Waals surface area contributed by atoms with Crippen molar-refractivity contribution in [3.63, 3.8) is 0 Å². The molecule has 0 aromatic heterocycles. The quantitative estimate of drug-likeness (QED) is 0.565. The Labute approximate surface area is 159 Å². The van der Waals surface area contributed by atoms with E-state index < -0.39 is 0 Å². The number of rotatable bonds is 2. The Morgan fingerprint density at radius 2 is 0.909 bits per heavy atom. The van der Waals surface area contributed by atoms with Gasteiger partial charge in [0.25, 0.3) is 0 Å². The van der Waals surface area contributed by atoms with Gasteiger partial charge in [0.05, 0.1) is 0 Å². The summed E-state index contributed by atoms with van der Waals surface area (Å²) in [6.07, 6.45) is 32.7. The molecule has 0 saturated heterocycles. The Hall–Kier alpha value is 0.363. The molecule has 0 bridgehead atoms. The molecule has 3 fully saturated rings. The first-order valence-corrected chi connectivity index (χ1v) is 7.91. The van der Waals surface area contributed by atoms with E-state index in [1.165, 1.54) is 30.4 Å². The van der Waals surface area contributed by atoms with Gasteiger partial charge in [-0.15, -0.1) is 25.7 Å². The molecule has 3 aliphatic carbocycles. The minimum Gasteiger partial charge on any atom is -0.373 e. The molecule has 0 aliphatic heterocycles. The fourth-order valence-electron chi connectivity index (χ4n) is 2.20. The maximum atomic E-state index is 3.40. The van der Waals surface area contributed by atoms with Crippen molar-refractivity contribution in [3.05, 3.63) is 87.5 Å². The first kappa shape index (κ1) is 22.4. The molecule has 22 heavy (non-hydrogen) atoms. The van der Waals surface area contributed by atoms with Crippen molar-refractivity contribution in [2.24, 2.45) is 0 Å². The van der Waals surface area contributed by atoms with E-state index in [9.17, 15) is 0 Å². The molecule has 3 rings (SSSR count). The molecule has 0 atom stereocenters. The smallest absolute Gasteiger partial charge is 0.373 e. The molecule has 3 saturated carbocycles. The molecule has 10 radical (unpaired) electrons. The van der Waals surface area contributed by atoms with Gasteiger partial charge >= 0.3 is 26.2 Å². The molecule has 3 aliphatic rings. The van der Waals surface area contributed by atoms with Gasteiger partial charge in [-0.3, -0.25) is 0 Å². The monoisotopic (exact) mass is 368 g/mol. The summed E-state index contributed by atoms with van der Waals surface area (Å²) in [5.41, 5.74) is 2.88. The van der Waals surface area contributed by atoms with E-state index in [-0.39, 0.29) is 26.2 Å². The standard InChI is InChI=1S/C11H16.2C5H5.Zr/c1-3-6-10-8-5-9-11(10)7-4-2;2*1-2-4-5-3-1;/h3-5,8-9H2,1-2H3;2*1-5H;/q-2;;;+2. The summed E-state index contributed by atoms with van der Waals surface area (Å²) in [7, 11) is 0. The van der Waals surface area contributed by atoms with Crippen LogP contribution < -0.4 is 0 Å². The van der Waals surface area contributed by atoms with Crippen LogP contribution in [0.2, 0.25) is 0 Å². The van der Waals surface area contributed by atoms with Crippen LogP contribution in [0.15, 0.2) is 11.1 Å². The van der Waals surface area contributed by atoms with Crippen molar-refractivity contribution in [1.29, 1.82) is 0 Å². The normalized spacial score (nSPS) is 23.5. The van der Waals surface area contributed by atoms with Crippen LogP contribution >= 0.6 is 0 Å². The fourth-order valence-corrected chi connectivity index (χ4v) is 2.20. The summed E-state index contributed by atoms with van der Waals surface area (Å²) in [4.78, 5) is 0. The number of hydrogen-bond acceptors (Lipinski definition) is 0. The zero-order chi connectivity index (χ0) is 15.2.